The lowest BCUT2D eigenvalue weighted by molar-refractivity contribution is -0.0586. The lowest BCUT2D eigenvalue weighted by atomic mass is 10.1. The van der Waals surface area contributed by atoms with Crippen LogP contribution >= 0.6 is 0 Å². The van der Waals surface area contributed by atoms with Crippen molar-refractivity contribution in [3.63, 3.8) is 0 Å². The summed E-state index contributed by atoms with van der Waals surface area (Å²) < 4.78 is 32.0. The Labute approximate surface area is 191 Å². The first-order chi connectivity index (χ1) is 14.9. The maximum Gasteiger partial charge on any atom is 0.254 e. The molecule has 2 atom stereocenters. The number of amides is 1. The van der Waals surface area contributed by atoms with Crippen LogP contribution in [0.25, 0.3) is 0 Å². The van der Waals surface area contributed by atoms with Gasteiger partial charge in [0.25, 0.3) is 5.91 Å². The number of anilines is 2. The fourth-order valence-electron chi connectivity index (χ4n) is 3.49. The van der Waals surface area contributed by atoms with Crippen molar-refractivity contribution in [1.82, 2.24) is 4.90 Å². The van der Waals surface area contributed by atoms with E-state index >= 15 is 0 Å². The molecule has 1 heterocycles. The molecule has 2 aromatic carbocycles. The van der Waals surface area contributed by atoms with Gasteiger partial charge in [-0.25, -0.2) is 8.42 Å². The molecule has 0 saturated carbocycles. The zero-order chi connectivity index (χ0) is 23.5. The molecule has 7 nitrogen and oxygen atoms in total. The van der Waals surface area contributed by atoms with Gasteiger partial charge in [-0.3, -0.25) is 9.52 Å². The summed E-state index contributed by atoms with van der Waals surface area (Å²) in [6, 6.07) is 14.7. The second-order valence-corrected chi connectivity index (χ2v) is 11.8. The second-order valence-electron chi connectivity index (χ2n) is 9.32. The van der Waals surface area contributed by atoms with Crippen molar-refractivity contribution in [2.75, 3.05) is 23.1 Å². The van der Waals surface area contributed by atoms with Crippen LogP contribution in [0, 0.1) is 0 Å². The number of nitrogens with one attached hydrogen (secondary N) is 2. The number of sulfonamides is 1. The molecule has 1 amide bonds. The van der Waals surface area contributed by atoms with Crippen molar-refractivity contribution in [2.24, 2.45) is 0 Å². The van der Waals surface area contributed by atoms with Crippen LogP contribution in [-0.4, -0.2) is 49.3 Å². The minimum atomic E-state index is -3.46. The largest absolute Gasteiger partial charge is 0.381 e. The van der Waals surface area contributed by atoms with E-state index in [0.29, 0.717) is 30.9 Å². The molecule has 1 aliphatic rings. The zero-order valence-corrected chi connectivity index (χ0v) is 20.2. The summed E-state index contributed by atoms with van der Waals surface area (Å²) in [6.45, 7) is 10.7. The Hall–Kier alpha value is -2.58. The van der Waals surface area contributed by atoms with Crippen LogP contribution in [0.1, 0.15) is 50.5 Å². The predicted octanol–water partition coefficient (Wildman–Crippen LogP) is 4.09. The molecular weight excluding hydrogens is 426 g/mol. The summed E-state index contributed by atoms with van der Waals surface area (Å²) in [5.74, 6) is 0.00568. The smallest absolute Gasteiger partial charge is 0.254 e. The third-order valence-electron chi connectivity index (χ3n) is 5.33. The van der Waals surface area contributed by atoms with Crippen molar-refractivity contribution in [3.8, 4) is 0 Å². The number of carbonyl (C=O) groups is 1. The summed E-state index contributed by atoms with van der Waals surface area (Å²) in [7, 11) is -3.46. The molecule has 1 aliphatic heterocycles. The monoisotopic (exact) mass is 459 g/mol. The number of nitrogens with zero attached hydrogens (tertiary/aromatic N) is 1. The number of hydrogen-bond donors (Lipinski definition) is 2. The van der Waals surface area contributed by atoms with Crippen LogP contribution in [0.4, 0.5) is 11.4 Å². The zero-order valence-electron chi connectivity index (χ0n) is 19.4. The number of hydrogen-bond acceptors (Lipinski definition) is 5. The van der Waals surface area contributed by atoms with Crippen molar-refractivity contribution in [1.29, 1.82) is 0 Å². The molecule has 0 aromatic heterocycles. The first-order valence-corrected chi connectivity index (χ1v) is 12.3. The van der Waals surface area contributed by atoms with Gasteiger partial charge in [-0.2, -0.15) is 0 Å². The Morgan fingerprint density at radius 2 is 1.66 bits per heavy atom. The number of ether oxygens (including phenoxy) is 1. The SMILES string of the molecule is C[C@@H]1CN(C(=O)c2cccc(NCc3ccc(NS(=O)(=O)C(C)(C)C)cc3)c2)C[C@H](C)O1. The fourth-order valence-corrected chi connectivity index (χ4v) is 4.24. The highest BCUT2D eigenvalue weighted by atomic mass is 32.2. The third kappa shape index (κ3) is 6.01. The Bertz CT molecular complexity index is 1040. The minimum Gasteiger partial charge on any atom is -0.381 e. The van der Waals surface area contributed by atoms with Gasteiger partial charge in [-0.05, 0) is 70.5 Å². The van der Waals surface area contributed by atoms with E-state index in [4.69, 9.17) is 4.74 Å². The van der Waals surface area contributed by atoms with E-state index in [0.717, 1.165) is 11.3 Å². The molecule has 8 heteroatoms. The van der Waals surface area contributed by atoms with Gasteiger partial charge in [0, 0.05) is 36.6 Å². The van der Waals surface area contributed by atoms with Gasteiger partial charge in [0.05, 0.1) is 17.0 Å². The number of morpholine rings is 1. The Kier molecular flexibility index (Phi) is 7.15. The van der Waals surface area contributed by atoms with Gasteiger partial charge in [0.2, 0.25) is 10.0 Å². The van der Waals surface area contributed by atoms with E-state index in [1.807, 2.05) is 55.1 Å². The maximum atomic E-state index is 12.9. The predicted molar refractivity (Wildman–Crippen MR) is 128 cm³/mol. The van der Waals surface area contributed by atoms with Crippen LogP contribution in [0.15, 0.2) is 48.5 Å². The highest BCUT2D eigenvalue weighted by Gasteiger charge is 2.29. The van der Waals surface area contributed by atoms with Crippen molar-refractivity contribution < 1.29 is 17.9 Å². The van der Waals surface area contributed by atoms with Crippen LogP contribution in [-0.2, 0) is 21.3 Å². The molecule has 174 valence electrons. The highest BCUT2D eigenvalue weighted by molar-refractivity contribution is 7.94. The van der Waals surface area contributed by atoms with E-state index in [1.54, 1.807) is 32.9 Å². The summed E-state index contributed by atoms with van der Waals surface area (Å²) in [5, 5.41) is 3.33. The number of rotatable bonds is 6. The van der Waals surface area contributed by atoms with Gasteiger partial charge < -0.3 is 15.0 Å². The van der Waals surface area contributed by atoms with E-state index in [9.17, 15) is 13.2 Å². The normalized spacial score (nSPS) is 19.5. The second kappa shape index (κ2) is 9.50. The molecular formula is C24H33N3O4S. The first kappa shape index (κ1) is 24.1. The van der Waals surface area contributed by atoms with Crippen molar-refractivity contribution in [3.05, 3.63) is 59.7 Å². The lowest BCUT2D eigenvalue weighted by Gasteiger charge is -2.35. The number of carbonyl (C=O) groups excluding carboxylic acids is 1. The van der Waals surface area contributed by atoms with Crippen LogP contribution in [0.2, 0.25) is 0 Å². The van der Waals surface area contributed by atoms with E-state index in [2.05, 4.69) is 10.0 Å². The average Bonchev–Trinajstić information content (AvgIpc) is 2.71. The topological polar surface area (TPSA) is 87.7 Å². The van der Waals surface area contributed by atoms with Gasteiger partial charge in [0.15, 0.2) is 0 Å². The molecule has 32 heavy (non-hydrogen) atoms. The van der Waals surface area contributed by atoms with Crippen molar-refractivity contribution in [2.45, 2.75) is 58.1 Å². The molecule has 0 aliphatic carbocycles. The molecule has 1 saturated heterocycles. The third-order valence-corrected chi connectivity index (χ3v) is 7.44. The van der Waals surface area contributed by atoms with E-state index < -0.39 is 14.8 Å². The van der Waals surface area contributed by atoms with E-state index in [1.165, 1.54) is 0 Å². The minimum absolute atomic E-state index is 0.00568. The van der Waals surface area contributed by atoms with Gasteiger partial charge >= 0.3 is 0 Å². The Morgan fingerprint density at radius 3 is 2.25 bits per heavy atom. The van der Waals surface area contributed by atoms with Crippen molar-refractivity contribution >= 4 is 27.3 Å². The van der Waals surface area contributed by atoms with Crippen LogP contribution in [0.3, 0.4) is 0 Å². The molecule has 0 bridgehead atoms. The number of benzene rings is 2. The molecule has 0 unspecified atom stereocenters. The molecule has 2 N–H and O–H groups in total. The average molecular weight is 460 g/mol. The molecule has 0 radical (unpaired) electrons. The molecule has 3 rings (SSSR count). The maximum absolute atomic E-state index is 12.9. The molecule has 2 aromatic rings. The van der Waals surface area contributed by atoms with Crippen LogP contribution < -0.4 is 10.0 Å². The Morgan fingerprint density at radius 1 is 1.03 bits per heavy atom. The first-order valence-electron chi connectivity index (χ1n) is 10.8. The fraction of sp³-hybridized carbons (Fsp3) is 0.458. The Balaban J connectivity index is 1.61. The lowest BCUT2D eigenvalue weighted by Crippen LogP contribution is -2.48. The van der Waals surface area contributed by atoms with Gasteiger partial charge in [0.1, 0.15) is 0 Å². The summed E-state index contributed by atoms with van der Waals surface area (Å²) >= 11 is 0. The van der Waals surface area contributed by atoms with Gasteiger partial charge in [-0.15, -0.1) is 0 Å². The van der Waals surface area contributed by atoms with Crippen LogP contribution in [0.5, 0.6) is 0 Å². The quantitative estimate of drug-likeness (QED) is 0.679. The summed E-state index contributed by atoms with van der Waals surface area (Å²) in [5.41, 5.74) is 3.02. The standard InChI is InChI=1S/C24H33N3O4S/c1-17-15-27(16-18(2)31-17)23(28)20-7-6-8-22(13-20)25-14-19-9-11-21(12-10-19)26-32(29,30)24(3,4)5/h6-13,17-18,25-26H,14-16H2,1-5H3/t17-,18+. The molecule has 0 spiro atoms. The van der Waals surface area contributed by atoms with E-state index in [-0.39, 0.29) is 18.1 Å². The highest BCUT2D eigenvalue weighted by Crippen LogP contribution is 2.21. The molecule has 1 fully saturated rings. The van der Waals surface area contributed by atoms with Gasteiger partial charge in [-0.1, -0.05) is 18.2 Å². The summed E-state index contributed by atoms with van der Waals surface area (Å²) in [4.78, 5) is 14.8. The summed E-state index contributed by atoms with van der Waals surface area (Å²) in [6.07, 6.45) is 0.0553.